The molecule has 0 saturated carbocycles. The van der Waals surface area contributed by atoms with Gasteiger partial charge in [-0.2, -0.15) is 0 Å². The summed E-state index contributed by atoms with van der Waals surface area (Å²) in [7, 11) is 4.00. The number of hydrogen-bond donors (Lipinski definition) is 1. The van der Waals surface area contributed by atoms with Crippen LogP contribution in [0.5, 0.6) is 0 Å². The maximum Gasteiger partial charge on any atom is 0.0955 e. The number of imidazole rings is 1. The summed E-state index contributed by atoms with van der Waals surface area (Å²) in [6, 6.07) is 4.22. The zero-order valence-corrected chi connectivity index (χ0v) is 10.5. The van der Waals surface area contributed by atoms with E-state index in [9.17, 15) is 0 Å². The van der Waals surface area contributed by atoms with E-state index in [1.807, 2.05) is 20.4 Å². The number of aryl methyl sites for hydroxylation is 1. The zero-order valence-electron chi connectivity index (χ0n) is 8.92. The molecule has 0 atom stereocenters. The Bertz CT molecular complexity index is 476. The van der Waals surface area contributed by atoms with Crippen LogP contribution in [-0.4, -0.2) is 23.1 Å². The lowest BCUT2D eigenvalue weighted by atomic mass is 10.1. The van der Waals surface area contributed by atoms with E-state index in [1.165, 1.54) is 11.1 Å². The molecule has 0 saturated heterocycles. The Morgan fingerprint density at radius 3 is 3.00 bits per heavy atom. The molecule has 4 heteroatoms. The first-order valence-electron chi connectivity index (χ1n) is 4.96. The van der Waals surface area contributed by atoms with Crippen LogP contribution in [0.3, 0.4) is 0 Å². The van der Waals surface area contributed by atoms with Gasteiger partial charge in [0.2, 0.25) is 0 Å². The number of aromatic nitrogens is 2. The molecule has 80 valence electrons. The molecule has 1 aromatic heterocycles. The van der Waals surface area contributed by atoms with E-state index in [2.05, 4.69) is 42.9 Å². The monoisotopic (exact) mass is 267 g/mol. The molecule has 0 unspecified atom stereocenters. The van der Waals surface area contributed by atoms with Gasteiger partial charge in [-0.1, -0.05) is 15.9 Å². The molecule has 0 radical (unpaired) electrons. The van der Waals surface area contributed by atoms with Crippen molar-refractivity contribution in [1.82, 2.24) is 14.9 Å². The van der Waals surface area contributed by atoms with E-state index < -0.39 is 0 Å². The number of halogens is 1. The quantitative estimate of drug-likeness (QED) is 0.923. The molecule has 0 aliphatic rings. The Morgan fingerprint density at radius 2 is 2.27 bits per heavy atom. The number of nitrogens with zero attached hydrogens (tertiary/aromatic N) is 2. The molecule has 2 rings (SSSR count). The Kier molecular flexibility index (Phi) is 3.07. The predicted molar refractivity (Wildman–Crippen MR) is 66.0 cm³/mol. The third kappa shape index (κ3) is 2.06. The molecule has 3 nitrogen and oxygen atoms in total. The number of likely N-dealkylation sites (N-methyl/N-ethyl adjacent to an activating group) is 1. The molecular formula is C11H14BrN3. The molecular weight excluding hydrogens is 254 g/mol. The van der Waals surface area contributed by atoms with Crippen LogP contribution in [-0.2, 0) is 13.5 Å². The zero-order chi connectivity index (χ0) is 10.8. The summed E-state index contributed by atoms with van der Waals surface area (Å²) in [6.45, 7) is 0.983. The van der Waals surface area contributed by atoms with Gasteiger partial charge in [-0.3, -0.25) is 0 Å². The molecule has 1 heterocycles. The largest absolute Gasteiger partial charge is 0.334 e. The van der Waals surface area contributed by atoms with Crippen molar-refractivity contribution >= 4 is 27.0 Å². The van der Waals surface area contributed by atoms with Gasteiger partial charge in [0.25, 0.3) is 0 Å². The fourth-order valence-corrected chi connectivity index (χ4v) is 2.30. The third-order valence-corrected chi connectivity index (χ3v) is 2.96. The highest BCUT2D eigenvalue weighted by molar-refractivity contribution is 9.10. The van der Waals surface area contributed by atoms with Crippen LogP contribution >= 0.6 is 15.9 Å². The van der Waals surface area contributed by atoms with Gasteiger partial charge in [-0.25, -0.2) is 4.98 Å². The lowest BCUT2D eigenvalue weighted by molar-refractivity contribution is 0.790. The minimum atomic E-state index is 0.983. The average molecular weight is 268 g/mol. The van der Waals surface area contributed by atoms with Crippen LogP contribution < -0.4 is 5.32 Å². The van der Waals surface area contributed by atoms with Gasteiger partial charge in [-0.05, 0) is 37.7 Å². The van der Waals surface area contributed by atoms with Crippen molar-refractivity contribution in [3.05, 3.63) is 28.5 Å². The fourth-order valence-electron chi connectivity index (χ4n) is 1.80. The third-order valence-electron chi connectivity index (χ3n) is 2.50. The van der Waals surface area contributed by atoms with E-state index in [0.29, 0.717) is 0 Å². The maximum absolute atomic E-state index is 4.36. The first-order chi connectivity index (χ1) is 7.22. The van der Waals surface area contributed by atoms with Crippen molar-refractivity contribution in [2.24, 2.45) is 7.05 Å². The summed E-state index contributed by atoms with van der Waals surface area (Å²) in [4.78, 5) is 4.36. The van der Waals surface area contributed by atoms with Crippen LogP contribution in [0.25, 0.3) is 11.0 Å². The van der Waals surface area contributed by atoms with Crippen LogP contribution in [0, 0.1) is 0 Å². The topological polar surface area (TPSA) is 29.9 Å². The lowest BCUT2D eigenvalue weighted by Crippen LogP contribution is -2.11. The van der Waals surface area contributed by atoms with E-state index >= 15 is 0 Å². The molecule has 15 heavy (non-hydrogen) atoms. The smallest absolute Gasteiger partial charge is 0.0955 e. The van der Waals surface area contributed by atoms with Crippen LogP contribution in [0.2, 0.25) is 0 Å². The second-order valence-corrected chi connectivity index (χ2v) is 4.56. The molecule has 1 N–H and O–H groups in total. The average Bonchev–Trinajstić information content (AvgIpc) is 2.56. The van der Waals surface area contributed by atoms with E-state index in [1.54, 1.807) is 0 Å². The first kappa shape index (κ1) is 10.6. The Labute approximate surface area is 97.6 Å². The minimum absolute atomic E-state index is 0.983. The maximum atomic E-state index is 4.36. The van der Waals surface area contributed by atoms with Crippen molar-refractivity contribution < 1.29 is 0 Å². The van der Waals surface area contributed by atoms with Gasteiger partial charge in [0.15, 0.2) is 0 Å². The minimum Gasteiger partial charge on any atom is -0.334 e. The molecule has 2 aromatic rings. The highest BCUT2D eigenvalue weighted by Gasteiger charge is 2.07. The standard InChI is InChI=1S/C11H14BrN3/c1-13-4-3-8-5-9(12)6-10-11(8)15(2)7-14-10/h5-7,13H,3-4H2,1-2H3. The summed E-state index contributed by atoms with van der Waals surface area (Å²) >= 11 is 3.51. The Hall–Kier alpha value is -0.870. The van der Waals surface area contributed by atoms with Crippen molar-refractivity contribution in [1.29, 1.82) is 0 Å². The summed E-state index contributed by atoms with van der Waals surface area (Å²) in [5.41, 5.74) is 3.61. The van der Waals surface area contributed by atoms with Gasteiger partial charge in [0.1, 0.15) is 0 Å². The van der Waals surface area contributed by atoms with Gasteiger partial charge in [-0.15, -0.1) is 0 Å². The van der Waals surface area contributed by atoms with Gasteiger partial charge in [0, 0.05) is 11.5 Å². The predicted octanol–water partition coefficient (Wildman–Crippen LogP) is 2.10. The van der Waals surface area contributed by atoms with Gasteiger partial charge in [0.05, 0.1) is 17.4 Å². The van der Waals surface area contributed by atoms with Crippen LogP contribution in [0.4, 0.5) is 0 Å². The van der Waals surface area contributed by atoms with Crippen LogP contribution in [0.15, 0.2) is 22.9 Å². The SMILES string of the molecule is CNCCc1cc(Br)cc2ncn(C)c12. The summed E-state index contributed by atoms with van der Waals surface area (Å²) < 4.78 is 3.17. The molecule has 0 aliphatic heterocycles. The molecule has 0 bridgehead atoms. The highest BCUT2D eigenvalue weighted by atomic mass is 79.9. The van der Waals surface area contributed by atoms with Crippen molar-refractivity contribution in [2.75, 3.05) is 13.6 Å². The van der Waals surface area contributed by atoms with Crippen molar-refractivity contribution in [3.8, 4) is 0 Å². The Morgan fingerprint density at radius 1 is 1.47 bits per heavy atom. The molecule has 0 amide bonds. The molecule has 1 aromatic carbocycles. The highest BCUT2D eigenvalue weighted by Crippen LogP contribution is 2.23. The van der Waals surface area contributed by atoms with Gasteiger partial charge >= 0.3 is 0 Å². The number of nitrogens with one attached hydrogen (secondary N) is 1. The number of rotatable bonds is 3. The van der Waals surface area contributed by atoms with Crippen molar-refractivity contribution in [2.45, 2.75) is 6.42 Å². The van der Waals surface area contributed by atoms with E-state index in [-0.39, 0.29) is 0 Å². The fraction of sp³-hybridized carbons (Fsp3) is 0.364. The summed E-state index contributed by atoms with van der Waals surface area (Å²) in [6.07, 6.45) is 2.88. The molecule has 0 spiro atoms. The first-order valence-corrected chi connectivity index (χ1v) is 5.75. The second-order valence-electron chi connectivity index (χ2n) is 3.64. The summed E-state index contributed by atoms with van der Waals surface area (Å²) in [5.74, 6) is 0. The number of hydrogen-bond acceptors (Lipinski definition) is 2. The van der Waals surface area contributed by atoms with Crippen molar-refractivity contribution in [3.63, 3.8) is 0 Å². The van der Waals surface area contributed by atoms with E-state index in [4.69, 9.17) is 0 Å². The number of benzene rings is 1. The normalized spacial score (nSPS) is 11.1. The van der Waals surface area contributed by atoms with Crippen LogP contribution in [0.1, 0.15) is 5.56 Å². The lowest BCUT2D eigenvalue weighted by Gasteiger charge is -2.05. The second kappa shape index (κ2) is 4.33. The molecule has 0 fully saturated rings. The number of fused-ring (bicyclic) bond motifs is 1. The van der Waals surface area contributed by atoms with Gasteiger partial charge < -0.3 is 9.88 Å². The Balaban J connectivity index is 2.53. The summed E-state index contributed by atoms with van der Waals surface area (Å²) in [5, 5.41) is 3.17. The van der Waals surface area contributed by atoms with E-state index in [0.717, 1.165) is 23.0 Å². The molecule has 0 aliphatic carbocycles.